The predicted octanol–water partition coefficient (Wildman–Crippen LogP) is -4.98. The smallest absolute Gasteiger partial charge is 0.331 e. The number of hydrogen-bond acceptors (Lipinski definition) is 19. The number of nitrogens with zero attached hydrogens (tertiary/aromatic N) is 2. The van der Waals surface area contributed by atoms with Gasteiger partial charge in [-0.2, -0.15) is 0 Å². The molecular formula is C59H77N13O19. The number of esters is 1. The van der Waals surface area contributed by atoms with Gasteiger partial charge in [0.2, 0.25) is 53.2 Å². The van der Waals surface area contributed by atoms with Crippen molar-refractivity contribution in [3.8, 4) is 0 Å². The topological polar surface area (TPSA) is 496 Å². The number of nitrogens with two attached hydrogens (primary N) is 1. The number of aliphatic hydroxyl groups excluding tert-OH is 5. The van der Waals surface area contributed by atoms with Gasteiger partial charge in [-0.25, -0.2) is 4.79 Å². The minimum absolute atomic E-state index is 0.153. The zero-order valence-corrected chi connectivity index (χ0v) is 50.5. The average molecular weight is 1270 g/mol. The molecule has 18 N–H and O–H groups in total. The summed E-state index contributed by atoms with van der Waals surface area (Å²) in [5.74, 6) is -16.5. The second kappa shape index (κ2) is 30.0. The second-order valence-corrected chi connectivity index (χ2v) is 23.1. The molecule has 0 spiro atoms. The molecule has 3 saturated heterocycles. The van der Waals surface area contributed by atoms with Crippen molar-refractivity contribution in [3.63, 3.8) is 0 Å². The number of carbonyl (C=O) groups excluding carboxylic acids is 11. The lowest BCUT2D eigenvalue weighted by Crippen LogP contribution is -2.64. The molecule has 7 rings (SSSR count). The van der Waals surface area contributed by atoms with Crippen LogP contribution in [0.25, 0.3) is 27.9 Å². The quantitative estimate of drug-likeness (QED) is 0.0440. The zero-order chi connectivity index (χ0) is 66.9. The van der Waals surface area contributed by atoms with Crippen LogP contribution in [0.3, 0.4) is 0 Å². The first-order valence-electron chi connectivity index (χ1n) is 29.4. The van der Waals surface area contributed by atoms with Gasteiger partial charge in [0.15, 0.2) is 6.04 Å². The van der Waals surface area contributed by atoms with E-state index >= 15 is 14.4 Å². The van der Waals surface area contributed by atoms with Crippen LogP contribution in [0.15, 0.2) is 66.6 Å². The number of aromatic nitrogens is 2. The first-order valence-corrected chi connectivity index (χ1v) is 29.4. The number of rotatable bonds is 13. The molecule has 492 valence electrons. The Balaban J connectivity index is 1.31. The molecule has 4 aromatic rings. The lowest BCUT2D eigenvalue weighted by Gasteiger charge is -2.35. The van der Waals surface area contributed by atoms with Gasteiger partial charge in [-0.15, -0.1) is 0 Å². The van der Waals surface area contributed by atoms with Crippen molar-refractivity contribution in [1.82, 2.24) is 62.3 Å². The standard InChI is InChI=1S/C59H77N13O19/c1-25(2)49(79)46-57(87)72-18-16-40(76)48(72)59(90)91-29(6)45(69-52(82)38(24-73)65-41(77)20-34(60)58(88)89)55(85)68-44(28(5)74)54(84)64-27(4)50(80)63-23-42(78)71-17-15-39(75)47(71)56(86)66-37(19-30-21-61-35-13-9-7-11-31(30)35)51(81)67-43(53(83)70-46)26(3)33-22-62-36-14-10-8-12-32(33)36/h7-14,19,21-22,25-29,34,38-40,43-49,61-62,73-76,79H,15-18,20,23-24,60H2,1-6H3,(H,63,80)(H,64,84)(H,65,77)(H,66,86)(H,67,81)(H,68,85)(H,69,82)(H,70,83)(H,88,89)/b37-19-/t26-,27+,28+,29-,34+,38+,39+,40-,43+,44+,45+,46+,47+,48+,49+/m1/s1. The van der Waals surface area contributed by atoms with Gasteiger partial charge in [0.05, 0.1) is 44.0 Å². The SMILES string of the molecule is CC(C)[C@H](O)[C@@H]1NC(=O)[C@H]([C@H](C)c2c[nH]c3ccccc23)NC(=O)/C(=C/c2c[nH]c3ccccc23)NC(=O)[C@@H]2[C@@H](O)CCN2C(=O)CNC(=O)[C@H](C)NC(=O)[C@H]([C@H](C)O)NC(=O)[C@@H](NC(=O)[C@H](CO)NC(=O)C[C@H](N)C(=O)O)[C@@H](C)OC(=O)[C@@H]2[C@H](O)CCN2C1=O. The molecule has 2 aromatic heterocycles. The Morgan fingerprint density at radius 3 is 1.97 bits per heavy atom. The third-order valence-corrected chi connectivity index (χ3v) is 16.2. The van der Waals surface area contributed by atoms with Crippen LogP contribution in [0.5, 0.6) is 0 Å². The third kappa shape index (κ3) is 16.2. The van der Waals surface area contributed by atoms with E-state index in [0.29, 0.717) is 32.9 Å². The molecule has 15 atom stereocenters. The van der Waals surface area contributed by atoms with Gasteiger partial charge in [-0.05, 0) is 63.3 Å². The Morgan fingerprint density at radius 2 is 1.33 bits per heavy atom. The molecule has 5 heterocycles. The third-order valence-electron chi connectivity index (χ3n) is 16.2. The molecular weight excluding hydrogens is 1190 g/mol. The minimum atomic E-state index is -2.19. The van der Waals surface area contributed by atoms with E-state index in [0.717, 1.165) is 30.6 Å². The van der Waals surface area contributed by atoms with E-state index in [-0.39, 0.29) is 19.4 Å². The van der Waals surface area contributed by atoms with Crippen LogP contribution in [0.1, 0.15) is 77.8 Å². The Kier molecular flexibility index (Phi) is 22.8. The summed E-state index contributed by atoms with van der Waals surface area (Å²) in [6.45, 7) is 5.13. The molecule has 3 fully saturated rings. The maximum Gasteiger partial charge on any atom is 0.331 e. The number of carbonyl (C=O) groups is 12. The molecule has 0 unspecified atom stereocenters. The number of benzene rings is 2. The summed E-state index contributed by atoms with van der Waals surface area (Å²) < 4.78 is 5.70. The highest BCUT2D eigenvalue weighted by Gasteiger charge is 2.49. The summed E-state index contributed by atoms with van der Waals surface area (Å²) in [7, 11) is 0. The van der Waals surface area contributed by atoms with E-state index in [2.05, 4.69) is 52.5 Å². The fourth-order valence-electron chi connectivity index (χ4n) is 10.9. The zero-order valence-electron chi connectivity index (χ0n) is 50.5. The summed E-state index contributed by atoms with van der Waals surface area (Å²) >= 11 is 0. The summed E-state index contributed by atoms with van der Waals surface area (Å²) in [6, 6.07) is -2.95. The molecule has 32 heteroatoms. The fraction of sp³-hybridized carbons (Fsp3) is 0.492. The molecule has 3 aliphatic rings. The summed E-state index contributed by atoms with van der Waals surface area (Å²) in [5.41, 5.74) is 7.01. The van der Waals surface area contributed by atoms with Gasteiger partial charge >= 0.3 is 11.9 Å². The number of ether oxygens (including phenoxy) is 1. The minimum Gasteiger partial charge on any atom is -0.480 e. The Morgan fingerprint density at radius 1 is 0.736 bits per heavy atom. The molecule has 10 amide bonds. The van der Waals surface area contributed by atoms with Crippen LogP contribution in [-0.4, -0.2) is 233 Å². The number of amides is 10. The van der Waals surface area contributed by atoms with Crippen LogP contribution in [-0.2, 0) is 62.3 Å². The second-order valence-electron chi connectivity index (χ2n) is 23.1. The number of carboxylic acids is 1. The summed E-state index contributed by atoms with van der Waals surface area (Å²) in [5, 5.41) is 85.0. The average Bonchev–Trinajstić information content (AvgIpc) is 2.13. The first kappa shape index (κ1) is 69.1. The van der Waals surface area contributed by atoms with Gasteiger partial charge in [0.1, 0.15) is 60.1 Å². The van der Waals surface area contributed by atoms with E-state index in [9.17, 15) is 73.8 Å². The summed E-state index contributed by atoms with van der Waals surface area (Å²) in [6.07, 6.45) is -5.75. The number of carboxylic acid groups (broad SMARTS) is 1. The molecule has 3 aliphatic heterocycles. The maximum absolute atomic E-state index is 15.3. The summed E-state index contributed by atoms with van der Waals surface area (Å²) in [4.78, 5) is 176. The van der Waals surface area contributed by atoms with Crippen LogP contribution < -0.4 is 48.3 Å². The first-order chi connectivity index (χ1) is 43.0. The van der Waals surface area contributed by atoms with Crippen molar-refractivity contribution >= 4 is 98.9 Å². The molecule has 0 radical (unpaired) electrons. The lowest BCUT2D eigenvalue weighted by molar-refractivity contribution is -0.164. The molecule has 0 saturated carbocycles. The lowest BCUT2D eigenvalue weighted by atomic mass is 9.91. The van der Waals surface area contributed by atoms with Crippen LogP contribution in [0.4, 0.5) is 0 Å². The molecule has 0 aliphatic carbocycles. The number of H-pyrrole nitrogens is 2. The molecule has 91 heavy (non-hydrogen) atoms. The fourth-order valence-corrected chi connectivity index (χ4v) is 10.9. The maximum atomic E-state index is 15.3. The van der Waals surface area contributed by atoms with E-state index in [1.165, 1.54) is 26.1 Å². The molecule has 32 nitrogen and oxygen atoms in total. The normalized spacial score (nSPS) is 27.0. The number of aliphatic carboxylic acids is 1. The number of aromatic amines is 2. The van der Waals surface area contributed by atoms with Crippen molar-refractivity contribution in [3.05, 3.63) is 77.7 Å². The number of cyclic esters (lactones) is 1. The molecule has 0 bridgehead atoms. The van der Waals surface area contributed by atoms with Crippen molar-refractivity contribution in [2.45, 2.75) is 152 Å². The Labute approximate surface area is 519 Å². The van der Waals surface area contributed by atoms with E-state index in [1.807, 2.05) is 0 Å². The highest BCUT2D eigenvalue weighted by molar-refractivity contribution is 6.07. The van der Waals surface area contributed by atoms with Gasteiger partial charge in [0, 0.05) is 58.8 Å². The van der Waals surface area contributed by atoms with Crippen molar-refractivity contribution in [2.75, 3.05) is 26.2 Å². The monoisotopic (exact) mass is 1270 g/mol. The van der Waals surface area contributed by atoms with E-state index in [4.69, 9.17) is 10.5 Å². The largest absolute Gasteiger partial charge is 0.480 e. The van der Waals surface area contributed by atoms with Gasteiger partial charge in [-0.1, -0.05) is 57.2 Å². The number of aliphatic hydroxyl groups is 5. The Bertz CT molecular complexity index is 3460. The molecule has 2 aromatic carbocycles. The van der Waals surface area contributed by atoms with Crippen LogP contribution >= 0.6 is 0 Å². The highest BCUT2D eigenvalue weighted by atomic mass is 16.5. The number of para-hydroxylation sites is 2. The van der Waals surface area contributed by atoms with E-state index in [1.54, 1.807) is 61.7 Å². The predicted molar refractivity (Wildman–Crippen MR) is 319 cm³/mol. The number of hydrogen-bond donors (Lipinski definition) is 17. The number of nitrogens with one attached hydrogen (secondary N) is 10. The van der Waals surface area contributed by atoms with Crippen molar-refractivity contribution < 1.29 is 92.9 Å². The highest BCUT2D eigenvalue weighted by Crippen LogP contribution is 2.30. The van der Waals surface area contributed by atoms with Crippen molar-refractivity contribution in [1.29, 1.82) is 0 Å². The Hall–Kier alpha value is -9.34. The van der Waals surface area contributed by atoms with Crippen LogP contribution in [0.2, 0.25) is 0 Å². The van der Waals surface area contributed by atoms with Crippen LogP contribution in [0, 0.1) is 5.92 Å². The van der Waals surface area contributed by atoms with Gasteiger partial charge in [0.25, 0.3) is 5.91 Å². The van der Waals surface area contributed by atoms with E-state index < -0.39 is 200 Å². The van der Waals surface area contributed by atoms with Gasteiger partial charge in [-0.3, -0.25) is 52.7 Å². The van der Waals surface area contributed by atoms with Crippen molar-refractivity contribution in [2.24, 2.45) is 11.7 Å². The van der Waals surface area contributed by atoms with Gasteiger partial charge < -0.3 is 103 Å². The number of fused-ring (bicyclic) bond motifs is 4.